The molecule has 86 valence electrons. The van der Waals surface area contributed by atoms with Crippen molar-refractivity contribution in [3.63, 3.8) is 0 Å². The molecule has 2 fully saturated rings. The summed E-state index contributed by atoms with van der Waals surface area (Å²) in [6, 6.07) is 0. The molecule has 0 saturated carbocycles. The molecule has 0 atom stereocenters. The lowest BCUT2D eigenvalue weighted by molar-refractivity contribution is -0.132. The van der Waals surface area contributed by atoms with Crippen molar-refractivity contribution in [1.29, 1.82) is 0 Å². The monoisotopic (exact) mass is 210 g/mol. The molecule has 3 nitrogen and oxygen atoms in total. The lowest BCUT2D eigenvalue weighted by Gasteiger charge is -2.43. The van der Waals surface area contributed by atoms with Crippen LogP contribution in [0, 0.1) is 0 Å². The van der Waals surface area contributed by atoms with Gasteiger partial charge in [-0.15, -0.1) is 0 Å². The van der Waals surface area contributed by atoms with Crippen LogP contribution in [0.3, 0.4) is 0 Å². The topological polar surface area (TPSA) is 32.3 Å². The highest BCUT2D eigenvalue weighted by molar-refractivity contribution is 5.88. The molecule has 1 N–H and O–H groups in total. The molecule has 0 unspecified atom stereocenters. The molecule has 2 heterocycles. The van der Waals surface area contributed by atoms with Gasteiger partial charge in [-0.3, -0.25) is 9.69 Å². The molecule has 0 aromatic rings. The molecular formula is C12H22N2O. The van der Waals surface area contributed by atoms with E-state index in [1.54, 1.807) is 0 Å². The summed E-state index contributed by atoms with van der Waals surface area (Å²) in [5, 5.41) is 3.36. The zero-order chi connectivity index (χ0) is 10.7. The quantitative estimate of drug-likeness (QED) is 0.759. The van der Waals surface area contributed by atoms with Crippen LogP contribution in [-0.2, 0) is 4.79 Å². The number of carbonyl (C=O) groups is 1. The van der Waals surface area contributed by atoms with Crippen molar-refractivity contribution < 1.29 is 4.79 Å². The molecule has 3 heteroatoms. The first kappa shape index (κ1) is 11.1. The normalized spacial score (nSPS) is 26.7. The van der Waals surface area contributed by atoms with Crippen LogP contribution in [0.15, 0.2) is 0 Å². The number of carbonyl (C=O) groups excluding carboxylic acids is 1. The summed E-state index contributed by atoms with van der Waals surface area (Å²) < 4.78 is 0. The fourth-order valence-electron chi connectivity index (χ4n) is 3.09. The van der Waals surface area contributed by atoms with Gasteiger partial charge in [0, 0.05) is 6.42 Å². The van der Waals surface area contributed by atoms with Gasteiger partial charge in [0.25, 0.3) is 0 Å². The lowest BCUT2D eigenvalue weighted by Crippen LogP contribution is -2.58. The largest absolute Gasteiger partial charge is 0.317 e. The van der Waals surface area contributed by atoms with E-state index in [2.05, 4.69) is 10.2 Å². The fourth-order valence-corrected chi connectivity index (χ4v) is 3.09. The Hall–Kier alpha value is -0.410. The molecule has 2 rings (SSSR count). The van der Waals surface area contributed by atoms with Crippen molar-refractivity contribution in [3.8, 4) is 0 Å². The first-order chi connectivity index (χ1) is 7.29. The van der Waals surface area contributed by atoms with E-state index in [0.717, 1.165) is 39.0 Å². The van der Waals surface area contributed by atoms with Crippen LogP contribution in [0.1, 0.15) is 39.0 Å². The fraction of sp³-hybridized carbons (Fsp3) is 0.917. The molecule has 2 saturated heterocycles. The van der Waals surface area contributed by atoms with Crippen molar-refractivity contribution in [2.24, 2.45) is 0 Å². The summed E-state index contributed by atoms with van der Waals surface area (Å²) in [7, 11) is 0. The van der Waals surface area contributed by atoms with Crippen LogP contribution in [0.2, 0.25) is 0 Å². The second-order valence-corrected chi connectivity index (χ2v) is 4.75. The van der Waals surface area contributed by atoms with E-state index in [-0.39, 0.29) is 5.54 Å². The molecule has 0 radical (unpaired) electrons. The third kappa shape index (κ3) is 1.95. The minimum absolute atomic E-state index is 0.101. The molecule has 0 aromatic carbocycles. The Labute approximate surface area is 92.2 Å². The number of nitrogens with one attached hydrogen (secondary N) is 1. The summed E-state index contributed by atoms with van der Waals surface area (Å²) in [6.07, 6.45) is 5.26. The first-order valence-corrected chi connectivity index (χ1v) is 6.29. The van der Waals surface area contributed by atoms with Gasteiger partial charge in [0.15, 0.2) is 5.78 Å². The van der Waals surface area contributed by atoms with E-state index in [1.807, 2.05) is 6.92 Å². The maximum atomic E-state index is 12.2. The van der Waals surface area contributed by atoms with Crippen LogP contribution in [0.25, 0.3) is 0 Å². The van der Waals surface area contributed by atoms with E-state index >= 15 is 0 Å². The van der Waals surface area contributed by atoms with Crippen LogP contribution in [0.4, 0.5) is 0 Å². The average molecular weight is 210 g/mol. The molecule has 0 aliphatic carbocycles. The number of nitrogens with zero attached hydrogens (tertiary/aromatic N) is 1. The van der Waals surface area contributed by atoms with Crippen LogP contribution < -0.4 is 5.32 Å². The summed E-state index contributed by atoms with van der Waals surface area (Å²) in [6.45, 7) is 6.27. The third-order valence-electron chi connectivity index (χ3n) is 3.98. The highest BCUT2D eigenvalue weighted by Gasteiger charge is 2.43. The van der Waals surface area contributed by atoms with Gasteiger partial charge < -0.3 is 5.32 Å². The second-order valence-electron chi connectivity index (χ2n) is 4.75. The highest BCUT2D eigenvalue weighted by atomic mass is 16.1. The predicted octanol–water partition coefficient (Wildman–Crippen LogP) is 1.18. The maximum absolute atomic E-state index is 12.2. The Morgan fingerprint density at radius 2 is 1.87 bits per heavy atom. The summed E-state index contributed by atoms with van der Waals surface area (Å²) >= 11 is 0. The molecule has 0 amide bonds. The Kier molecular flexibility index (Phi) is 3.42. The number of ketones is 1. The number of hydrogen-bond donors (Lipinski definition) is 1. The van der Waals surface area contributed by atoms with Gasteiger partial charge in [-0.1, -0.05) is 6.92 Å². The second kappa shape index (κ2) is 4.62. The van der Waals surface area contributed by atoms with Crippen molar-refractivity contribution in [2.45, 2.75) is 44.6 Å². The average Bonchev–Trinajstić information content (AvgIpc) is 2.83. The Morgan fingerprint density at radius 3 is 2.40 bits per heavy atom. The summed E-state index contributed by atoms with van der Waals surface area (Å²) in [4.78, 5) is 14.7. The van der Waals surface area contributed by atoms with E-state index in [4.69, 9.17) is 0 Å². The first-order valence-electron chi connectivity index (χ1n) is 6.29. The number of Topliss-reactive ketones (excluding diaryl/α,β-unsaturated/α-hetero) is 1. The van der Waals surface area contributed by atoms with Crippen LogP contribution in [0.5, 0.6) is 0 Å². The van der Waals surface area contributed by atoms with Crippen molar-refractivity contribution in [1.82, 2.24) is 10.2 Å². The SMILES string of the molecule is CCC(=O)C1(N2CCCC2)CCNCC1. The van der Waals surface area contributed by atoms with Crippen molar-refractivity contribution in [3.05, 3.63) is 0 Å². The third-order valence-corrected chi connectivity index (χ3v) is 3.98. The van der Waals surface area contributed by atoms with E-state index in [9.17, 15) is 4.79 Å². The van der Waals surface area contributed by atoms with E-state index in [0.29, 0.717) is 12.2 Å². The van der Waals surface area contributed by atoms with Crippen molar-refractivity contribution in [2.75, 3.05) is 26.2 Å². The molecule has 0 bridgehead atoms. The Morgan fingerprint density at radius 1 is 1.27 bits per heavy atom. The van der Waals surface area contributed by atoms with E-state index in [1.165, 1.54) is 12.8 Å². The number of likely N-dealkylation sites (tertiary alicyclic amines) is 1. The minimum atomic E-state index is -0.101. The van der Waals surface area contributed by atoms with Crippen LogP contribution >= 0.6 is 0 Å². The van der Waals surface area contributed by atoms with Gasteiger partial charge in [-0.25, -0.2) is 0 Å². The molecule has 15 heavy (non-hydrogen) atoms. The van der Waals surface area contributed by atoms with Gasteiger partial charge in [-0.2, -0.15) is 0 Å². The zero-order valence-electron chi connectivity index (χ0n) is 9.72. The van der Waals surface area contributed by atoms with Gasteiger partial charge in [0.2, 0.25) is 0 Å². The van der Waals surface area contributed by atoms with Gasteiger partial charge in [-0.05, 0) is 51.9 Å². The van der Waals surface area contributed by atoms with Crippen molar-refractivity contribution >= 4 is 5.78 Å². The smallest absolute Gasteiger partial charge is 0.152 e. The Bertz CT molecular complexity index is 228. The van der Waals surface area contributed by atoms with Gasteiger partial charge in [0.05, 0.1) is 5.54 Å². The van der Waals surface area contributed by atoms with Gasteiger partial charge >= 0.3 is 0 Å². The highest BCUT2D eigenvalue weighted by Crippen LogP contribution is 2.31. The summed E-state index contributed by atoms with van der Waals surface area (Å²) in [5.74, 6) is 0.464. The standard InChI is InChI=1S/C12H22N2O/c1-2-11(15)12(5-7-13-8-6-12)14-9-3-4-10-14/h13H,2-10H2,1H3. The molecular weight excluding hydrogens is 188 g/mol. The number of piperidine rings is 1. The number of rotatable bonds is 3. The molecule has 0 aromatic heterocycles. The maximum Gasteiger partial charge on any atom is 0.152 e. The predicted molar refractivity (Wildman–Crippen MR) is 60.9 cm³/mol. The lowest BCUT2D eigenvalue weighted by atomic mass is 9.81. The summed E-state index contributed by atoms with van der Waals surface area (Å²) in [5.41, 5.74) is -0.101. The molecule has 0 spiro atoms. The Balaban J connectivity index is 2.16. The van der Waals surface area contributed by atoms with E-state index < -0.39 is 0 Å². The molecule has 2 aliphatic heterocycles. The van der Waals surface area contributed by atoms with Crippen LogP contribution in [-0.4, -0.2) is 42.4 Å². The molecule has 2 aliphatic rings. The number of hydrogen-bond acceptors (Lipinski definition) is 3. The zero-order valence-corrected chi connectivity index (χ0v) is 9.72. The minimum Gasteiger partial charge on any atom is -0.317 e. The van der Waals surface area contributed by atoms with Gasteiger partial charge in [0.1, 0.15) is 0 Å².